The van der Waals surface area contributed by atoms with Gasteiger partial charge in [0.25, 0.3) is 0 Å². The first kappa shape index (κ1) is 37.3. The van der Waals surface area contributed by atoms with Gasteiger partial charge in [0.2, 0.25) is 0 Å². The van der Waals surface area contributed by atoms with Gasteiger partial charge in [-0.15, -0.1) is 0 Å². The average molecular weight is 429 g/mol. The molecule has 0 spiro atoms. The lowest BCUT2D eigenvalue weighted by atomic mass is 9.68. The Bertz CT molecular complexity index is 269. The zero-order valence-corrected chi connectivity index (χ0v) is 25.2. The van der Waals surface area contributed by atoms with Gasteiger partial charge in [-0.25, -0.2) is 0 Å². The van der Waals surface area contributed by atoms with Crippen LogP contribution >= 0.6 is 0 Å². The van der Waals surface area contributed by atoms with E-state index >= 15 is 0 Å². The van der Waals surface area contributed by atoms with Gasteiger partial charge in [0.05, 0.1) is 0 Å². The summed E-state index contributed by atoms with van der Waals surface area (Å²) in [6, 6.07) is 0. The quantitative estimate of drug-likeness (QED) is 0.360. The molecule has 0 saturated heterocycles. The Morgan fingerprint density at radius 3 is 0.567 bits per heavy atom. The Labute approximate surface area is 196 Å². The largest absolute Gasteiger partial charge is 0.0651 e. The molecular formula is C30H68. The summed E-state index contributed by atoms with van der Waals surface area (Å²) in [4.78, 5) is 0. The first-order valence-electron chi connectivity index (χ1n) is 13.5. The summed E-state index contributed by atoms with van der Waals surface area (Å²) >= 11 is 0. The van der Waals surface area contributed by atoms with Crippen molar-refractivity contribution in [2.75, 3.05) is 0 Å². The van der Waals surface area contributed by atoms with Crippen molar-refractivity contribution in [3.05, 3.63) is 0 Å². The molecule has 6 unspecified atom stereocenters. The minimum Gasteiger partial charge on any atom is -0.0651 e. The molecular weight excluding hydrogens is 360 g/mol. The molecule has 0 heterocycles. The van der Waals surface area contributed by atoms with Gasteiger partial charge in [0.15, 0.2) is 0 Å². The molecule has 0 aliphatic heterocycles. The van der Waals surface area contributed by atoms with Gasteiger partial charge < -0.3 is 0 Å². The van der Waals surface area contributed by atoms with Crippen molar-refractivity contribution in [2.24, 2.45) is 59.2 Å². The van der Waals surface area contributed by atoms with E-state index in [1.165, 1.54) is 12.8 Å². The van der Waals surface area contributed by atoms with Crippen LogP contribution in [-0.4, -0.2) is 0 Å². The van der Waals surface area contributed by atoms with Gasteiger partial charge in [-0.05, 0) is 59.2 Å². The van der Waals surface area contributed by atoms with Crippen molar-refractivity contribution in [3.63, 3.8) is 0 Å². The number of hydrogen-bond acceptors (Lipinski definition) is 0. The van der Waals surface area contributed by atoms with Crippen LogP contribution in [0.2, 0.25) is 0 Å². The highest BCUT2D eigenvalue weighted by atomic mass is 14.4. The molecule has 0 saturated carbocycles. The molecule has 0 aromatic heterocycles. The minimum atomic E-state index is 0.831. The summed E-state index contributed by atoms with van der Waals surface area (Å²) in [5.74, 6) is 8.40. The number of hydrogen-bond donors (Lipinski definition) is 0. The molecule has 0 fully saturated rings. The molecule has 0 aromatic rings. The maximum absolute atomic E-state index is 2.48. The van der Waals surface area contributed by atoms with Crippen LogP contribution in [0.5, 0.6) is 0 Å². The van der Waals surface area contributed by atoms with E-state index in [2.05, 4.69) is 125 Å². The highest BCUT2D eigenvalue weighted by molar-refractivity contribution is 4.79. The number of rotatable bonds is 8. The third-order valence-electron chi connectivity index (χ3n) is 6.40. The van der Waals surface area contributed by atoms with Crippen LogP contribution in [0, 0.1) is 59.2 Å². The van der Waals surface area contributed by atoms with Crippen molar-refractivity contribution in [1.29, 1.82) is 0 Å². The van der Waals surface area contributed by atoms with Gasteiger partial charge in [-0.3, -0.25) is 0 Å². The van der Waals surface area contributed by atoms with Gasteiger partial charge >= 0.3 is 0 Å². The molecule has 0 bridgehead atoms. The smallest absolute Gasteiger partial charge is 0.0386 e. The lowest BCUT2D eigenvalue weighted by Gasteiger charge is -2.37. The fourth-order valence-corrected chi connectivity index (χ4v) is 3.22. The fourth-order valence-electron chi connectivity index (χ4n) is 3.22. The molecule has 188 valence electrons. The molecule has 0 nitrogen and oxygen atoms in total. The van der Waals surface area contributed by atoms with Crippen LogP contribution in [0.1, 0.15) is 137 Å². The van der Waals surface area contributed by atoms with E-state index in [4.69, 9.17) is 0 Å². The molecule has 0 rings (SSSR count). The molecule has 0 aliphatic carbocycles. The summed E-state index contributed by atoms with van der Waals surface area (Å²) in [6.45, 7) is 41.3. The van der Waals surface area contributed by atoms with Crippen LogP contribution < -0.4 is 0 Å². The van der Waals surface area contributed by atoms with Gasteiger partial charge in [-0.2, -0.15) is 0 Å². The Balaban J connectivity index is -0.000000229. The van der Waals surface area contributed by atoms with Crippen molar-refractivity contribution in [1.82, 2.24) is 0 Å². The molecule has 0 amide bonds. The zero-order chi connectivity index (χ0) is 25.2. The van der Waals surface area contributed by atoms with Crippen molar-refractivity contribution in [3.8, 4) is 0 Å². The minimum absolute atomic E-state index is 0.831. The second kappa shape index (κ2) is 22.2. The lowest BCUT2D eigenvalue weighted by molar-refractivity contribution is 0.116. The maximum atomic E-state index is 2.48. The van der Waals surface area contributed by atoms with Crippen LogP contribution in [-0.2, 0) is 0 Å². The van der Waals surface area contributed by atoms with Crippen LogP contribution in [0.15, 0.2) is 0 Å². The van der Waals surface area contributed by atoms with E-state index in [0.29, 0.717) is 0 Å². The van der Waals surface area contributed by atoms with E-state index in [9.17, 15) is 0 Å². The Morgan fingerprint density at radius 2 is 0.433 bits per heavy atom. The lowest BCUT2D eigenvalue weighted by Crippen LogP contribution is -2.30. The molecule has 0 radical (unpaired) electrons. The van der Waals surface area contributed by atoms with Gasteiger partial charge in [0, 0.05) is 0 Å². The van der Waals surface area contributed by atoms with Crippen molar-refractivity contribution in [2.45, 2.75) is 137 Å². The van der Waals surface area contributed by atoms with Crippen LogP contribution in [0.3, 0.4) is 0 Å². The maximum Gasteiger partial charge on any atom is -0.0386 e. The summed E-state index contributed by atoms with van der Waals surface area (Å²) in [7, 11) is 0. The summed E-state index contributed by atoms with van der Waals surface area (Å²) in [5.41, 5.74) is 0. The average Bonchev–Trinajstić information content (AvgIpc) is 2.62. The monoisotopic (exact) mass is 429 g/mol. The van der Waals surface area contributed by atoms with Gasteiger partial charge in [-0.1, -0.05) is 137 Å². The molecule has 0 aromatic carbocycles. The second-order valence-electron chi connectivity index (χ2n) is 12.3. The van der Waals surface area contributed by atoms with E-state index in [-0.39, 0.29) is 0 Å². The SMILES string of the molecule is CC(C)C.CC(C)C.CC(C)C.CCC(C)C(C)C(C)C(C)C(C)C(C)C(C)CC. The highest BCUT2D eigenvalue weighted by Crippen LogP contribution is 2.37. The Hall–Kier alpha value is 0. The predicted molar refractivity (Wildman–Crippen MR) is 146 cm³/mol. The Kier molecular flexibility index (Phi) is 27.6. The first-order chi connectivity index (χ1) is 13.5. The van der Waals surface area contributed by atoms with Crippen LogP contribution in [0.25, 0.3) is 0 Å². The molecule has 0 aliphatic rings. The van der Waals surface area contributed by atoms with Crippen molar-refractivity contribution >= 4 is 0 Å². The third kappa shape index (κ3) is 26.0. The summed E-state index contributed by atoms with van der Waals surface area (Å²) in [6.07, 6.45) is 2.63. The predicted octanol–water partition coefficient (Wildman–Crippen LogP) is 11.2. The van der Waals surface area contributed by atoms with Gasteiger partial charge in [0.1, 0.15) is 0 Å². The van der Waals surface area contributed by atoms with Crippen molar-refractivity contribution < 1.29 is 0 Å². The summed E-state index contributed by atoms with van der Waals surface area (Å²) < 4.78 is 0. The normalized spacial score (nSPS) is 17.9. The summed E-state index contributed by atoms with van der Waals surface area (Å²) in [5, 5.41) is 0. The van der Waals surface area contributed by atoms with E-state index < -0.39 is 0 Å². The zero-order valence-electron chi connectivity index (χ0n) is 25.2. The van der Waals surface area contributed by atoms with E-state index in [0.717, 1.165) is 59.2 Å². The van der Waals surface area contributed by atoms with E-state index in [1.54, 1.807) is 0 Å². The topological polar surface area (TPSA) is 0 Å². The second-order valence-corrected chi connectivity index (χ2v) is 12.3. The third-order valence-corrected chi connectivity index (χ3v) is 6.40. The molecule has 30 heavy (non-hydrogen) atoms. The molecule has 6 atom stereocenters. The molecule has 0 N–H and O–H groups in total. The highest BCUT2D eigenvalue weighted by Gasteiger charge is 2.30. The fraction of sp³-hybridized carbons (Fsp3) is 1.00. The Morgan fingerprint density at radius 1 is 0.300 bits per heavy atom. The first-order valence-corrected chi connectivity index (χ1v) is 13.5. The van der Waals surface area contributed by atoms with Crippen LogP contribution in [0.4, 0.5) is 0 Å². The standard InChI is InChI=1S/C18H38.3C4H10/c1-10-12(3)14(5)16(7)18(9)17(8)15(6)13(4)11-2;3*1-4(2)3/h12-18H,10-11H2,1-9H3;3*4H,1-3H3. The molecule has 0 heteroatoms. The van der Waals surface area contributed by atoms with E-state index in [1.807, 2.05) is 0 Å².